The number of hydrogen-bond acceptors (Lipinski definition) is 3. The van der Waals surface area contributed by atoms with E-state index in [1.165, 1.54) is 0 Å². The van der Waals surface area contributed by atoms with E-state index in [9.17, 15) is 4.79 Å². The average Bonchev–Trinajstić information content (AvgIpc) is 2.35. The number of aromatic nitrogens is 2. The zero-order valence-corrected chi connectivity index (χ0v) is 10.4. The van der Waals surface area contributed by atoms with Crippen LogP contribution in [-0.4, -0.2) is 22.1 Å². The van der Waals surface area contributed by atoms with Crippen molar-refractivity contribution in [3.8, 4) is 12.3 Å². The van der Waals surface area contributed by atoms with Crippen LogP contribution < -0.4 is 5.32 Å². The summed E-state index contributed by atoms with van der Waals surface area (Å²) >= 11 is 0. The van der Waals surface area contributed by atoms with Crippen LogP contribution in [-0.2, 0) is 6.42 Å². The second-order valence-corrected chi connectivity index (χ2v) is 3.80. The lowest BCUT2D eigenvalue weighted by Gasteiger charge is -2.12. The quantitative estimate of drug-likeness (QED) is 0.799. The first-order valence-corrected chi connectivity index (χ1v) is 5.72. The van der Waals surface area contributed by atoms with E-state index in [0.717, 1.165) is 5.69 Å². The molecule has 1 rings (SSSR count). The minimum atomic E-state index is -0.235. The van der Waals surface area contributed by atoms with E-state index in [4.69, 9.17) is 6.42 Å². The SMILES string of the molecule is C#CC(CC)NC(=O)c1cc(C)nnc1CC. The molecule has 0 fully saturated rings. The number of aryl methyl sites for hydroxylation is 2. The van der Waals surface area contributed by atoms with Gasteiger partial charge in [-0.25, -0.2) is 0 Å². The molecule has 0 radical (unpaired) electrons. The molecule has 1 N–H and O–H groups in total. The molecule has 1 aromatic heterocycles. The summed E-state index contributed by atoms with van der Waals surface area (Å²) in [4.78, 5) is 12.0. The Morgan fingerprint density at radius 1 is 1.53 bits per heavy atom. The second-order valence-electron chi connectivity index (χ2n) is 3.80. The maximum atomic E-state index is 12.0. The van der Waals surface area contributed by atoms with Gasteiger partial charge in [-0.3, -0.25) is 4.79 Å². The van der Waals surface area contributed by atoms with Crippen LogP contribution >= 0.6 is 0 Å². The molecule has 0 aliphatic carbocycles. The van der Waals surface area contributed by atoms with Crippen molar-refractivity contribution in [2.45, 2.75) is 39.7 Å². The molecule has 1 unspecified atom stereocenters. The van der Waals surface area contributed by atoms with Crippen LogP contribution in [0.5, 0.6) is 0 Å². The molecule has 0 saturated heterocycles. The monoisotopic (exact) mass is 231 g/mol. The Bertz CT molecular complexity index is 448. The van der Waals surface area contributed by atoms with Gasteiger partial charge in [0.05, 0.1) is 23.0 Å². The summed E-state index contributed by atoms with van der Waals surface area (Å²) in [7, 11) is 0. The predicted molar refractivity (Wildman–Crippen MR) is 66.5 cm³/mol. The Balaban J connectivity index is 2.95. The van der Waals surface area contributed by atoms with Crippen LogP contribution in [0.4, 0.5) is 0 Å². The molecule has 0 aliphatic rings. The topological polar surface area (TPSA) is 54.9 Å². The van der Waals surface area contributed by atoms with Crippen LogP contribution in [0, 0.1) is 19.3 Å². The van der Waals surface area contributed by atoms with Crippen LogP contribution in [0.1, 0.15) is 42.0 Å². The molecule has 0 bridgehead atoms. The second kappa shape index (κ2) is 6.00. The fraction of sp³-hybridized carbons (Fsp3) is 0.462. The fourth-order valence-corrected chi connectivity index (χ4v) is 1.47. The van der Waals surface area contributed by atoms with E-state index in [1.807, 2.05) is 20.8 Å². The molecule has 0 saturated carbocycles. The van der Waals surface area contributed by atoms with Crippen molar-refractivity contribution in [2.75, 3.05) is 0 Å². The van der Waals surface area contributed by atoms with Gasteiger partial charge in [0, 0.05) is 0 Å². The predicted octanol–water partition coefficient (Wildman–Crippen LogP) is 1.49. The summed E-state index contributed by atoms with van der Waals surface area (Å²) in [5.41, 5.74) is 1.98. The van der Waals surface area contributed by atoms with Crippen LogP contribution in [0.3, 0.4) is 0 Å². The molecular weight excluding hydrogens is 214 g/mol. The molecule has 0 aliphatic heterocycles. The Hall–Kier alpha value is -1.89. The highest BCUT2D eigenvalue weighted by Gasteiger charge is 2.15. The van der Waals surface area contributed by atoms with Gasteiger partial charge in [0.1, 0.15) is 0 Å². The number of nitrogens with zero attached hydrogens (tertiary/aromatic N) is 2. The maximum Gasteiger partial charge on any atom is 0.254 e. The van der Waals surface area contributed by atoms with Crippen LogP contribution in [0.25, 0.3) is 0 Å². The highest BCUT2D eigenvalue weighted by atomic mass is 16.1. The zero-order valence-electron chi connectivity index (χ0n) is 10.4. The Labute approximate surface area is 102 Å². The summed E-state index contributed by atoms with van der Waals surface area (Å²) in [6.07, 6.45) is 6.70. The van der Waals surface area contributed by atoms with E-state index in [2.05, 4.69) is 21.4 Å². The molecule has 0 aromatic carbocycles. The molecule has 4 nitrogen and oxygen atoms in total. The minimum absolute atomic E-state index is 0.176. The lowest BCUT2D eigenvalue weighted by molar-refractivity contribution is 0.0943. The fourth-order valence-electron chi connectivity index (χ4n) is 1.47. The number of hydrogen-bond donors (Lipinski definition) is 1. The molecule has 1 amide bonds. The summed E-state index contributed by atoms with van der Waals surface area (Å²) in [5, 5.41) is 10.7. The molecule has 0 spiro atoms. The Morgan fingerprint density at radius 2 is 2.24 bits per heavy atom. The zero-order chi connectivity index (χ0) is 12.8. The van der Waals surface area contributed by atoms with E-state index in [-0.39, 0.29) is 11.9 Å². The third-order valence-electron chi connectivity index (χ3n) is 2.49. The highest BCUT2D eigenvalue weighted by molar-refractivity contribution is 5.95. The number of nitrogens with one attached hydrogen (secondary N) is 1. The van der Waals surface area contributed by atoms with Gasteiger partial charge in [-0.15, -0.1) is 6.42 Å². The first kappa shape index (κ1) is 13.2. The van der Waals surface area contributed by atoms with Gasteiger partial charge in [-0.05, 0) is 25.8 Å². The normalized spacial score (nSPS) is 11.6. The number of terminal acetylenes is 1. The average molecular weight is 231 g/mol. The largest absolute Gasteiger partial charge is 0.338 e. The van der Waals surface area contributed by atoms with Crippen molar-refractivity contribution in [3.05, 3.63) is 23.0 Å². The van der Waals surface area contributed by atoms with Crippen LogP contribution in [0.15, 0.2) is 6.07 Å². The summed E-state index contributed by atoms with van der Waals surface area (Å²) in [5.74, 6) is 2.36. The van der Waals surface area contributed by atoms with Gasteiger partial charge >= 0.3 is 0 Å². The lowest BCUT2D eigenvalue weighted by Crippen LogP contribution is -2.34. The first-order chi connectivity index (χ1) is 8.12. The number of rotatable bonds is 4. The highest BCUT2D eigenvalue weighted by Crippen LogP contribution is 2.08. The van der Waals surface area contributed by atoms with Gasteiger partial charge in [0.25, 0.3) is 5.91 Å². The van der Waals surface area contributed by atoms with Crippen molar-refractivity contribution in [1.29, 1.82) is 0 Å². The van der Waals surface area contributed by atoms with Gasteiger partial charge in [-0.1, -0.05) is 19.8 Å². The van der Waals surface area contributed by atoms with E-state index < -0.39 is 0 Å². The minimum Gasteiger partial charge on any atom is -0.338 e. The standard InChI is InChI=1S/C13H17N3O/c1-5-10(6-2)14-13(17)11-8-9(4)15-16-12(11)7-3/h1,8,10H,6-7H2,2-4H3,(H,14,17). The summed E-state index contributed by atoms with van der Waals surface area (Å²) in [6.45, 7) is 5.68. The Morgan fingerprint density at radius 3 is 2.76 bits per heavy atom. The molecule has 90 valence electrons. The van der Waals surface area contributed by atoms with Crippen molar-refractivity contribution in [2.24, 2.45) is 0 Å². The van der Waals surface area contributed by atoms with Gasteiger partial charge < -0.3 is 5.32 Å². The van der Waals surface area contributed by atoms with Crippen LogP contribution in [0.2, 0.25) is 0 Å². The molecule has 1 atom stereocenters. The first-order valence-electron chi connectivity index (χ1n) is 5.72. The lowest BCUT2D eigenvalue weighted by atomic mass is 10.1. The molecule has 1 heterocycles. The molecule has 1 aromatic rings. The summed E-state index contributed by atoms with van der Waals surface area (Å²) in [6, 6.07) is 1.50. The Kier molecular flexibility index (Phi) is 4.65. The van der Waals surface area contributed by atoms with Crippen molar-refractivity contribution >= 4 is 5.91 Å². The maximum absolute atomic E-state index is 12.0. The third kappa shape index (κ3) is 3.28. The van der Waals surface area contributed by atoms with Crippen molar-refractivity contribution < 1.29 is 4.79 Å². The van der Waals surface area contributed by atoms with E-state index in [1.54, 1.807) is 6.07 Å². The van der Waals surface area contributed by atoms with Crippen molar-refractivity contribution in [1.82, 2.24) is 15.5 Å². The summed E-state index contributed by atoms with van der Waals surface area (Å²) < 4.78 is 0. The van der Waals surface area contributed by atoms with Gasteiger partial charge in [0.15, 0.2) is 0 Å². The van der Waals surface area contributed by atoms with Gasteiger partial charge in [-0.2, -0.15) is 10.2 Å². The van der Waals surface area contributed by atoms with E-state index >= 15 is 0 Å². The molecule has 17 heavy (non-hydrogen) atoms. The van der Waals surface area contributed by atoms with Gasteiger partial charge in [0.2, 0.25) is 0 Å². The smallest absolute Gasteiger partial charge is 0.254 e. The number of carbonyl (C=O) groups is 1. The van der Waals surface area contributed by atoms with Crippen molar-refractivity contribution in [3.63, 3.8) is 0 Å². The van der Waals surface area contributed by atoms with E-state index in [0.29, 0.717) is 24.1 Å². The molecular formula is C13H17N3O. The molecule has 4 heteroatoms. The third-order valence-corrected chi connectivity index (χ3v) is 2.49. The number of carbonyl (C=O) groups excluding carboxylic acids is 1. The number of amides is 1.